The van der Waals surface area contributed by atoms with Crippen molar-refractivity contribution in [2.24, 2.45) is 0 Å². The third kappa shape index (κ3) is 3.75. The first-order valence-electron chi connectivity index (χ1n) is 6.13. The Bertz CT molecular complexity index is 847. The van der Waals surface area contributed by atoms with Crippen LogP contribution >= 0.6 is 0 Å². The highest BCUT2D eigenvalue weighted by Crippen LogP contribution is 2.27. The van der Waals surface area contributed by atoms with E-state index in [1.165, 1.54) is 6.07 Å². The molecule has 0 radical (unpaired) electrons. The monoisotopic (exact) mass is 343 g/mol. The number of carbonyl (C=O) groups is 1. The second-order valence-electron chi connectivity index (χ2n) is 4.43. The van der Waals surface area contributed by atoms with Crippen LogP contribution in [-0.2, 0) is 14.8 Å². The van der Waals surface area contributed by atoms with Gasteiger partial charge in [-0.05, 0) is 30.3 Å². The van der Waals surface area contributed by atoms with Gasteiger partial charge in [0.2, 0.25) is 0 Å². The molecule has 0 spiro atoms. The number of rotatable bonds is 4. The second-order valence-corrected chi connectivity index (χ2v) is 6.12. The minimum Gasteiger partial charge on any atom is -0.506 e. The SMILES string of the molecule is COC(=O)c1ccc(NS(=O)(=O)c2cc(F)cc(F)c2)c(O)c1. The number of hydrogen-bond acceptors (Lipinski definition) is 5. The first-order valence-corrected chi connectivity index (χ1v) is 7.61. The lowest BCUT2D eigenvalue weighted by atomic mass is 10.2. The molecular formula is C14H11F2NO5S. The van der Waals surface area contributed by atoms with E-state index in [1.807, 2.05) is 4.72 Å². The summed E-state index contributed by atoms with van der Waals surface area (Å²) in [7, 11) is -3.18. The average molecular weight is 343 g/mol. The van der Waals surface area contributed by atoms with Crippen LogP contribution < -0.4 is 4.72 Å². The number of sulfonamides is 1. The van der Waals surface area contributed by atoms with E-state index in [0.717, 1.165) is 19.2 Å². The fraction of sp³-hybridized carbons (Fsp3) is 0.0714. The number of carbonyl (C=O) groups excluding carboxylic acids is 1. The van der Waals surface area contributed by atoms with E-state index >= 15 is 0 Å². The third-order valence-electron chi connectivity index (χ3n) is 2.81. The molecule has 0 heterocycles. The summed E-state index contributed by atoms with van der Waals surface area (Å²) in [4.78, 5) is 10.7. The molecule has 122 valence electrons. The van der Waals surface area contributed by atoms with Crippen LogP contribution in [0, 0.1) is 11.6 Å². The van der Waals surface area contributed by atoms with Crippen molar-refractivity contribution in [1.29, 1.82) is 0 Å². The van der Waals surface area contributed by atoms with Crippen LogP contribution in [0.1, 0.15) is 10.4 Å². The Morgan fingerprint density at radius 3 is 2.26 bits per heavy atom. The standard InChI is InChI=1S/C14H11F2NO5S/c1-22-14(19)8-2-3-12(13(18)4-8)17-23(20,21)11-6-9(15)5-10(16)7-11/h2-7,17-18H,1H3. The van der Waals surface area contributed by atoms with E-state index in [-0.39, 0.29) is 11.3 Å². The van der Waals surface area contributed by atoms with Gasteiger partial charge in [-0.3, -0.25) is 4.72 Å². The van der Waals surface area contributed by atoms with E-state index in [1.54, 1.807) is 0 Å². The molecule has 0 bridgehead atoms. The summed E-state index contributed by atoms with van der Waals surface area (Å²) in [6.45, 7) is 0. The van der Waals surface area contributed by atoms with Crippen LogP contribution in [0.5, 0.6) is 5.75 Å². The Kier molecular flexibility index (Phi) is 4.50. The molecule has 2 aromatic carbocycles. The Morgan fingerprint density at radius 1 is 1.13 bits per heavy atom. The second kappa shape index (κ2) is 6.21. The lowest BCUT2D eigenvalue weighted by Gasteiger charge is -2.10. The van der Waals surface area contributed by atoms with Gasteiger partial charge in [0.25, 0.3) is 10.0 Å². The number of esters is 1. The highest BCUT2D eigenvalue weighted by Gasteiger charge is 2.19. The van der Waals surface area contributed by atoms with E-state index in [0.29, 0.717) is 18.2 Å². The lowest BCUT2D eigenvalue weighted by molar-refractivity contribution is 0.0600. The van der Waals surface area contributed by atoms with E-state index in [4.69, 9.17) is 0 Å². The molecule has 0 amide bonds. The number of halogens is 2. The van der Waals surface area contributed by atoms with Crippen LogP contribution in [0.15, 0.2) is 41.3 Å². The number of nitrogens with one attached hydrogen (secondary N) is 1. The van der Waals surface area contributed by atoms with Gasteiger partial charge in [0.05, 0.1) is 23.3 Å². The highest BCUT2D eigenvalue weighted by atomic mass is 32.2. The van der Waals surface area contributed by atoms with Crippen molar-refractivity contribution in [3.63, 3.8) is 0 Å². The summed E-state index contributed by atoms with van der Waals surface area (Å²) in [5, 5.41) is 9.77. The number of phenols is 1. The van der Waals surface area contributed by atoms with Gasteiger partial charge in [-0.25, -0.2) is 22.0 Å². The van der Waals surface area contributed by atoms with Crippen LogP contribution in [-0.4, -0.2) is 26.6 Å². The summed E-state index contributed by atoms with van der Waals surface area (Å²) in [6, 6.07) is 5.12. The number of methoxy groups -OCH3 is 1. The van der Waals surface area contributed by atoms with Crippen molar-refractivity contribution in [3.05, 3.63) is 53.6 Å². The van der Waals surface area contributed by atoms with Crippen molar-refractivity contribution in [2.75, 3.05) is 11.8 Å². The molecule has 6 nitrogen and oxygen atoms in total. The van der Waals surface area contributed by atoms with Gasteiger partial charge in [0.15, 0.2) is 0 Å². The molecule has 0 aliphatic rings. The molecule has 2 N–H and O–H groups in total. The normalized spacial score (nSPS) is 11.1. The topological polar surface area (TPSA) is 92.7 Å². The summed E-state index contributed by atoms with van der Waals surface area (Å²) in [5.41, 5.74) is -0.257. The van der Waals surface area contributed by atoms with Gasteiger partial charge in [-0.1, -0.05) is 0 Å². The molecular weight excluding hydrogens is 332 g/mol. The van der Waals surface area contributed by atoms with Crippen LogP contribution in [0.3, 0.4) is 0 Å². The Labute approximate surface area is 130 Å². The summed E-state index contributed by atoms with van der Waals surface area (Å²) >= 11 is 0. The highest BCUT2D eigenvalue weighted by molar-refractivity contribution is 7.92. The zero-order valence-electron chi connectivity index (χ0n) is 11.7. The predicted octanol–water partition coefficient (Wildman–Crippen LogP) is 2.26. The molecule has 0 unspecified atom stereocenters. The number of anilines is 1. The van der Waals surface area contributed by atoms with Crippen LogP contribution in [0.2, 0.25) is 0 Å². The quantitative estimate of drug-likeness (QED) is 0.656. The minimum atomic E-state index is -4.33. The third-order valence-corrected chi connectivity index (χ3v) is 4.15. The van der Waals surface area contributed by atoms with Gasteiger partial charge in [-0.15, -0.1) is 0 Å². The molecule has 2 rings (SSSR count). The summed E-state index contributed by atoms with van der Waals surface area (Å²) < 4.78 is 56.9. The molecule has 2 aromatic rings. The molecule has 23 heavy (non-hydrogen) atoms. The number of hydrogen-bond donors (Lipinski definition) is 2. The number of aromatic hydroxyl groups is 1. The predicted molar refractivity (Wildman–Crippen MR) is 76.6 cm³/mol. The Morgan fingerprint density at radius 2 is 1.74 bits per heavy atom. The molecule has 0 aromatic heterocycles. The fourth-order valence-electron chi connectivity index (χ4n) is 1.75. The van der Waals surface area contributed by atoms with Crippen LogP contribution in [0.4, 0.5) is 14.5 Å². The zero-order valence-corrected chi connectivity index (χ0v) is 12.5. The van der Waals surface area contributed by atoms with E-state index < -0.39 is 38.3 Å². The lowest BCUT2D eigenvalue weighted by Crippen LogP contribution is -2.14. The maximum Gasteiger partial charge on any atom is 0.337 e. The van der Waals surface area contributed by atoms with E-state index in [9.17, 15) is 27.1 Å². The van der Waals surface area contributed by atoms with Crippen LogP contribution in [0.25, 0.3) is 0 Å². The van der Waals surface area contributed by atoms with E-state index in [2.05, 4.69) is 4.74 Å². The van der Waals surface area contributed by atoms with Gasteiger partial charge in [0.1, 0.15) is 17.4 Å². The smallest absolute Gasteiger partial charge is 0.337 e. The number of benzene rings is 2. The maximum atomic E-state index is 13.1. The van der Waals surface area contributed by atoms with Crippen molar-refractivity contribution in [2.45, 2.75) is 4.90 Å². The van der Waals surface area contributed by atoms with Gasteiger partial charge in [-0.2, -0.15) is 0 Å². The summed E-state index contributed by atoms with van der Waals surface area (Å²) in [6.07, 6.45) is 0. The Balaban J connectivity index is 2.35. The first kappa shape index (κ1) is 16.7. The van der Waals surface area contributed by atoms with Gasteiger partial charge >= 0.3 is 5.97 Å². The molecule has 0 atom stereocenters. The van der Waals surface area contributed by atoms with Gasteiger partial charge in [0, 0.05) is 6.07 Å². The van der Waals surface area contributed by atoms with Crippen molar-refractivity contribution in [1.82, 2.24) is 0 Å². The molecule has 0 fully saturated rings. The molecule has 0 aliphatic heterocycles. The van der Waals surface area contributed by atoms with Gasteiger partial charge < -0.3 is 9.84 Å². The van der Waals surface area contributed by atoms with Crippen molar-refractivity contribution < 1.29 is 31.8 Å². The molecule has 0 saturated carbocycles. The summed E-state index contributed by atoms with van der Waals surface area (Å²) in [5.74, 6) is -3.39. The molecule has 0 saturated heterocycles. The fourth-order valence-corrected chi connectivity index (χ4v) is 2.87. The molecule has 9 heteroatoms. The number of phenolic OH excluding ortho intramolecular Hbond substituents is 1. The van der Waals surface area contributed by atoms with Crippen molar-refractivity contribution in [3.8, 4) is 5.75 Å². The minimum absolute atomic E-state index is 0.00440. The maximum absolute atomic E-state index is 13.1. The largest absolute Gasteiger partial charge is 0.506 e. The molecule has 0 aliphatic carbocycles. The number of ether oxygens (including phenoxy) is 1. The zero-order chi connectivity index (χ0) is 17.2. The average Bonchev–Trinajstić information content (AvgIpc) is 2.47. The van der Waals surface area contributed by atoms with Crippen molar-refractivity contribution >= 4 is 21.7 Å². The Hall–Kier alpha value is -2.68. The first-order chi connectivity index (χ1) is 10.7.